The van der Waals surface area contributed by atoms with Gasteiger partial charge in [-0.25, -0.2) is 0 Å². The van der Waals surface area contributed by atoms with Crippen LogP contribution < -0.4 is 5.32 Å². The van der Waals surface area contributed by atoms with Crippen LogP contribution in [0, 0.1) is 0 Å². The van der Waals surface area contributed by atoms with E-state index in [-0.39, 0.29) is 25.5 Å². The molecule has 1 aromatic rings. The maximum absolute atomic E-state index is 13.0. The van der Waals surface area contributed by atoms with Crippen LogP contribution in [0.2, 0.25) is 0 Å². The average molecular weight is 347 g/mol. The molecule has 0 bridgehead atoms. The number of alkyl halides is 3. The molecular formula is C14H20F3N5O2. The molecule has 134 valence electrons. The Balaban J connectivity index is 2.00. The molecular weight excluding hydrogens is 327 g/mol. The van der Waals surface area contributed by atoms with E-state index < -0.39 is 23.3 Å². The second-order valence-electron chi connectivity index (χ2n) is 5.58. The SMILES string of the molecule is CCNC(=O)CN1CCN(C(=O)c2cn(C)nc2C(F)(F)F)CC1. The van der Waals surface area contributed by atoms with Gasteiger partial charge in [0.25, 0.3) is 5.91 Å². The standard InChI is InChI=1S/C14H20F3N5O2/c1-3-18-11(23)9-21-4-6-22(7-5-21)13(24)10-8-20(2)19-12(10)14(15,16)17/h8H,3-7,9H2,1-2H3,(H,18,23). The van der Waals surface area contributed by atoms with Crippen molar-refractivity contribution in [3.05, 3.63) is 17.5 Å². The van der Waals surface area contributed by atoms with Gasteiger partial charge in [-0.3, -0.25) is 19.2 Å². The Bertz CT molecular complexity index is 606. The van der Waals surface area contributed by atoms with E-state index in [1.54, 1.807) is 0 Å². The van der Waals surface area contributed by atoms with E-state index in [0.29, 0.717) is 19.6 Å². The number of hydrogen-bond acceptors (Lipinski definition) is 4. The summed E-state index contributed by atoms with van der Waals surface area (Å²) in [5.41, 5.74) is -1.61. The number of aromatic nitrogens is 2. The summed E-state index contributed by atoms with van der Waals surface area (Å²) >= 11 is 0. The lowest BCUT2D eigenvalue weighted by Gasteiger charge is -2.34. The molecule has 0 atom stereocenters. The third kappa shape index (κ3) is 4.25. The van der Waals surface area contributed by atoms with E-state index in [1.807, 2.05) is 11.8 Å². The van der Waals surface area contributed by atoms with Crippen molar-refractivity contribution >= 4 is 11.8 Å². The quantitative estimate of drug-likeness (QED) is 0.852. The second-order valence-corrected chi connectivity index (χ2v) is 5.58. The fraction of sp³-hybridized carbons (Fsp3) is 0.643. The number of halogens is 3. The number of rotatable bonds is 4. The molecule has 24 heavy (non-hydrogen) atoms. The topological polar surface area (TPSA) is 70.5 Å². The highest BCUT2D eigenvalue weighted by Crippen LogP contribution is 2.31. The molecule has 1 aliphatic rings. The number of carbonyl (C=O) groups is 2. The molecule has 2 rings (SSSR count). The summed E-state index contributed by atoms with van der Waals surface area (Å²) in [6, 6.07) is 0. The van der Waals surface area contributed by atoms with Gasteiger partial charge in [-0.1, -0.05) is 0 Å². The van der Waals surface area contributed by atoms with Crippen molar-refractivity contribution in [2.45, 2.75) is 13.1 Å². The predicted octanol–water partition coefficient (Wildman–Crippen LogP) is 0.333. The number of aryl methyl sites for hydroxylation is 1. The number of piperazine rings is 1. The van der Waals surface area contributed by atoms with E-state index in [9.17, 15) is 22.8 Å². The summed E-state index contributed by atoms with van der Waals surface area (Å²) < 4.78 is 39.9. The Labute approximate surface area is 137 Å². The summed E-state index contributed by atoms with van der Waals surface area (Å²) in [5, 5.41) is 6.04. The van der Waals surface area contributed by atoms with Crippen LogP contribution in [0.3, 0.4) is 0 Å². The van der Waals surface area contributed by atoms with Gasteiger partial charge >= 0.3 is 6.18 Å². The summed E-state index contributed by atoms with van der Waals surface area (Å²) in [5.74, 6) is -0.794. The van der Waals surface area contributed by atoms with Gasteiger partial charge in [-0.2, -0.15) is 18.3 Å². The molecule has 2 heterocycles. The first-order chi connectivity index (χ1) is 11.2. The van der Waals surface area contributed by atoms with E-state index in [0.717, 1.165) is 10.9 Å². The molecule has 0 saturated carbocycles. The highest BCUT2D eigenvalue weighted by molar-refractivity contribution is 5.95. The van der Waals surface area contributed by atoms with Crippen LogP contribution in [0.15, 0.2) is 6.20 Å². The smallest absolute Gasteiger partial charge is 0.355 e. The van der Waals surface area contributed by atoms with Crippen molar-refractivity contribution < 1.29 is 22.8 Å². The zero-order chi connectivity index (χ0) is 17.9. The molecule has 1 aliphatic heterocycles. The van der Waals surface area contributed by atoms with Gasteiger partial charge in [0, 0.05) is 46.0 Å². The van der Waals surface area contributed by atoms with Gasteiger partial charge in [0.1, 0.15) is 0 Å². The number of amides is 2. The zero-order valence-corrected chi connectivity index (χ0v) is 13.6. The number of carbonyl (C=O) groups excluding carboxylic acids is 2. The molecule has 1 N–H and O–H groups in total. The van der Waals surface area contributed by atoms with Crippen LogP contribution in [0.4, 0.5) is 13.2 Å². The molecule has 1 fully saturated rings. The Morgan fingerprint density at radius 3 is 2.42 bits per heavy atom. The van der Waals surface area contributed by atoms with Crippen molar-refractivity contribution in [2.75, 3.05) is 39.3 Å². The molecule has 0 unspecified atom stereocenters. The largest absolute Gasteiger partial charge is 0.435 e. The van der Waals surface area contributed by atoms with Gasteiger partial charge in [-0.15, -0.1) is 0 Å². The summed E-state index contributed by atoms with van der Waals surface area (Å²) in [4.78, 5) is 27.1. The Morgan fingerprint density at radius 1 is 1.25 bits per heavy atom. The minimum atomic E-state index is -4.67. The first-order valence-corrected chi connectivity index (χ1v) is 7.61. The van der Waals surface area contributed by atoms with E-state index in [2.05, 4.69) is 10.4 Å². The maximum Gasteiger partial charge on any atom is 0.435 e. The lowest BCUT2D eigenvalue weighted by molar-refractivity contribution is -0.141. The molecule has 0 aliphatic carbocycles. The first-order valence-electron chi connectivity index (χ1n) is 7.61. The van der Waals surface area contributed by atoms with Crippen LogP contribution in [0.25, 0.3) is 0 Å². The molecule has 1 aromatic heterocycles. The number of nitrogens with zero attached hydrogens (tertiary/aromatic N) is 4. The summed E-state index contributed by atoms with van der Waals surface area (Å²) in [6.45, 7) is 3.99. The van der Waals surface area contributed by atoms with Gasteiger partial charge in [0.15, 0.2) is 5.69 Å². The van der Waals surface area contributed by atoms with Crippen LogP contribution in [-0.4, -0.2) is 70.7 Å². The van der Waals surface area contributed by atoms with Gasteiger partial charge in [-0.05, 0) is 6.92 Å². The molecule has 0 radical (unpaired) electrons. The molecule has 1 saturated heterocycles. The van der Waals surface area contributed by atoms with Crippen molar-refractivity contribution in [3.8, 4) is 0 Å². The van der Waals surface area contributed by atoms with E-state index in [4.69, 9.17) is 0 Å². The Kier molecular flexibility index (Phi) is 5.47. The molecule has 2 amide bonds. The third-order valence-corrected chi connectivity index (χ3v) is 3.73. The number of nitrogens with one attached hydrogen (secondary N) is 1. The minimum Gasteiger partial charge on any atom is -0.355 e. The van der Waals surface area contributed by atoms with E-state index in [1.165, 1.54) is 11.9 Å². The van der Waals surface area contributed by atoms with Crippen LogP contribution >= 0.6 is 0 Å². The van der Waals surface area contributed by atoms with Crippen molar-refractivity contribution in [1.82, 2.24) is 24.9 Å². The van der Waals surface area contributed by atoms with Crippen molar-refractivity contribution in [1.29, 1.82) is 0 Å². The summed E-state index contributed by atoms with van der Waals surface area (Å²) in [6.07, 6.45) is -3.58. The van der Waals surface area contributed by atoms with Crippen molar-refractivity contribution in [2.24, 2.45) is 7.05 Å². The molecule has 7 nitrogen and oxygen atoms in total. The van der Waals surface area contributed by atoms with Crippen LogP contribution in [0.1, 0.15) is 23.0 Å². The van der Waals surface area contributed by atoms with Gasteiger partial charge in [0.2, 0.25) is 5.91 Å². The van der Waals surface area contributed by atoms with E-state index >= 15 is 0 Å². The zero-order valence-electron chi connectivity index (χ0n) is 13.6. The lowest BCUT2D eigenvalue weighted by atomic mass is 10.2. The van der Waals surface area contributed by atoms with Gasteiger partial charge in [0.05, 0.1) is 12.1 Å². The Hall–Kier alpha value is -2.10. The maximum atomic E-state index is 13.0. The molecule has 10 heteroatoms. The fourth-order valence-corrected chi connectivity index (χ4v) is 2.59. The fourth-order valence-electron chi connectivity index (χ4n) is 2.59. The van der Waals surface area contributed by atoms with Crippen LogP contribution in [0.5, 0.6) is 0 Å². The monoisotopic (exact) mass is 347 g/mol. The normalized spacial score (nSPS) is 16.3. The molecule has 0 spiro atoms. The highest BCUT2D eigenvalue weighted by Gasteiger charge is 2.40. The number of likely N-dealkylation sites (N-methyl/N-ethyl adjacent to an activating group) is 1. The first kappa shape index (κ1) is 18.2. The second kappa shape index (κ2) is 7.20. The average Bonchev–Trinajstić information content (AvgIpc) is 2.90. The highest BCUT2D eigenvalue weighted by atomic mass is 19.4. The van der Waals surface area contributed by atoms with Crippen LogP contribution in [-0.2, 0) is 18.0 Å². The third-order valence-electron chi connectivity index (χ3n) is 3.73. The Morgan fingerprint density at radius 2 is 1.88 bits per heavy atom. The number of hydrogen-bond donors (Lipinski definition) is 1. The van der Waals surface area contributed by atoms with Crippen molar-refractivity contribution in [3.63, 3.8) is 0 Å². The predicted molar refractivity (Wildman–Crippen MR) is 79.2 cm³/mol. The molecule has 0 aromatic carbocycles. The summed E-state index contributed by atoms with van der Waals surface area (Å²) in [7, 11) is 1.34. The van der Waals surface area contributed by atoms with Gasteiger partial charge < -0.3 is 10.2 Å². The minimum absolute atomic E-state index is 0.108. The lowest BCUT2D eigenvalue weighted by Crippen LogP contribution is -2.51.